The molecule has 0 aliphatic rings. The third-order valence-electron chi connectivity index (χ3n) is 3.34. The lowest BCUT2D eigenvalue weighted by molar-refractivity contribution is 0.150. The summed E-state index contributed by atoms with van der Waals surface area (Å²) in [7, 11) is 2.19. The van der Waals surface area contributed by atoms with Crippen LogP contribution < -0.4 is 5.32 Å². The summed E-state index contributed by atoms with van der Waals surface area (Å²) in [5, 5.41) is 13.0. The van der Waals surface area contributed by atoms with Crippen LogP contribution in [0.5, 0.6) is 0 Å². The SMILES string of the molecule is CC(C)CCN(C)CCCC(C)(CO)NC(C)C. The summed E-state index contributed by atoms with van der Waals surface area (Å²) >= 11 is 0. The number of nitrogens with zero attached hydrogens (tertiary/aromatic N) is 1. The van der Waals surface area contributed by atoms with E-state index in [1.807, 2.05) is 0 Å². The minimum atomic E-state index is -0.132. The highest BCUT2D eigenvalue weighted by Gasteiger charge is 2.23. The summed E-state index contributed by atoms with van der Waals surface area (Å²) in [6.45, 7) is 13.4. The van der Waals surface area contributed by atoms with Gasteiger partial charge in [-0.1, -0.05) is 27.7 Å². The van der Waals surface area contributed by atoms with Gasteiger partial charge in [0.2, 0.25) is 0 Å². The first-order valence-corrected chi connectivity index (χ1v) is 7.36. The second kappa shape index (κ2) is 8.89. The molecule has 2 N–H and O–H groups in total. The zero-order chi connectivity index (χ0) is 14.2. The molecule has 0 amide bonds. The van der Waals surface area contributed by atoms with Crippen LogP contribution in [0.2, 0.25) is 0 Å². The van der Waals surface area contributed by atoms with Crippen LogP contribution in [-0.2, 0) is 0 Å². The molecule has 0 radical (unpaired) electrons. The van der Waals surface area contributed by atoms with E-state index in [0.717, 1.165) is 25.3 Å². The predicted octanol–water partition coefficient (Wildman–Crippen LogP) is 2.49. The van der Waals surface area contributed by atoms with Crippen molar-refractivity contribution < 1.29 is 5.11 Å². The van der Waals surface area contributed by atoms with Crippen LogP contribution in [0.1, 0.15) is 53.9 Å². The van der Waals surface area contributed by atoms with Crippen molar-refractivity contribution in [2.75, 3.05) is 26.7 Å². The fourth-order valence-electron chi connectivity index (χ4n) is 2.22. The van der Waals surface area contributed by atoms with Gasteiger partial charge in [-0.2, -0.15) is 0 Å². The maximum absolute atomic E-state index is 9.50. The lowest BCUT2D eigenvalue weighted by atomic mass is 9.95. The minimum absolute atomic E-state index is 0.132. The van der Waals surface area contributed by atoms with E-state index < -0.39 is 0 Å². The molecule has 0 aliphatic carbocycles. The minimum Gasteiger partial charge on any atom is -0.394 e. The van der Waals surface area contributed by atoms with E-state index in [-0.39, 0.29) is 12.1 Å². The van der Waals surface area contributed by atoms with Crippen molar-refractivity contribution >= 4 is 0 Å². The molecular formula is C15H34N2O. The average Bonchev–Trinajstić information content (AvgIpc) is 2.25. The van der Waals surface area contributed by atoms with Crippen molar-refractivity contribution in [1.29, 1.82) is 0 Å². The molecule has 0 bridgehead atoms. The Labute approximate surface area is 114 Å². The van der Waals surface area contributed by atoms with Crippen molar-refractivity contribution in [3.8, 4) is 0 Å². The standard InChI is InChI=1S/C15H34N2O/c1-13(2)8-11-17(6)10-7-9-15(5,12-18)16-14(3)4/h13-14,16,18H,7-12H2,1-6H3. The van der Waals surface area contributed by atoms with Crippen LogP contribution in [0.25, 0.3) is 0 Å². The van der Waals surface area contributed by atoms with E-state index >= 15 is 0 Å². The lowest BCUT2D eigenvalue weighted by Crippen LogP contribution is -2.49. The highest BCUT2D eigenvalue weighted by Crippen LogP contribution is 2.13. The van der Waals surface area contributed by atoms with E-state index in [2.05, 4.69) is 51.9 Å². The van der Waals surface area contributed by atoms with Gasteiger partial charge >= 0.3 is 0 Å². The Morgan fingerprint density at radius 2 is 1.78 bits per heavy atom. The zero-order valence-electron chi connectivity index (χ0n) is 13.3. The van der Waals surface area contributed by atoms with E-state index in [4.69, 9.17) is 0 Å². The highest BCUT2D eigenvalue weighted by atomic mass is 16.3. The molecule has 0 fully saturated rings. The fourth-order valence-corrected chi connectivity index (χ4v) is 2.22. The van der Waals surface area contributed by atoms with Gasteiger partial charge in [0.25, 0.3) is 0 Å². The maximum atomic E-state index is 9.50. The van der Waals surface area contributed by atoms with Crippen LogP contribution in [-0.4, -0.2) is 48.3 Å². The molecule has 18 heavy (non-hydrogen) atoms. The number of aliphatic hydroxyl groups excluding tert-OH is 1. The van der Waals surface area contributed by atoms with Gasteiger partial charge in [0, 0.05) is 11.6 Å². The van der Waals surface area contributed by atoms with Crippen LogP contribution in [0.3, 0.4) is 0 Å². The number of hydrogen-bond acceptors (Lipinski definition) is 3. The summed E-state index contributed by atoms with van der Waals surface area (Å²) in [6, 6.07) is 0.417. The molecule has 0 rings (SSSR count). The van der Waals surface area contributed by atoms with Gasteiger partial charge in [0.1, 0.15) is 0 Å². The Bertz CT molecular complexity index is 207. The second-order valence-corrected chi connectivity index (χ2v) is 6.61. The first-order valence-electron chi connectivity index (χ1n) is 7.36. The van der Waals surface area contributed by atoms with Crippen LogP contribution in [0.4, 0.5) is 0 Å². The van der Waals surface area contributed by atoms with Crippen molar-refractivity contribution in [3.63, 3.8) is 0 Å². The van der Waals surface area contributed by atoms with Gasteiger partial charge < -0.3 is 15.3 Å². The smallest absolute Gasteiger partial charge is 0.0610 e. The third-order valence-corrected chi connectivity index (χ3v) is 3.34. The van der Waals surface area contributed by atoms with E-state index in [1.165, 1.54) is 13.0 Å². The molecule has 0 spiro atoms. The first-order chi connectivity index (χ1) is 8.29. The Kier molecular flexibility index (Phi) is 8.83. The molecule has 110 valence electrons. The Hall–Kier alpha value is -0.120. The molecule has 3 nitrogen and oxygen atoms in total. The quantitative estimate of drug-likeness (QED) is 0.632. The lowest BCUT2D eigenvalue weighted by Gasteiger charge is -2.32. The normalized spacial score (nSPS) is 15.7. The van der Waals surface area contributed by atoms with Crippen molar-refractivity contribution in [1.82, 2.24) is 10.2 Å². The summed E-state index contributed by atoms with van der Waals surface area (Å²) in [5.41, 5.74) is -0.132. The third kappa shape index (κ3) is 8.90. The fraction of sp³-hybridized carbons (Fsp3) is 1.00. The van der Waals surface area contributed by atoms with Crippen LogP contribution in [0.15, 0.2) is 0 Å². The molecular weight excluding hydrogens is 224 g/mol. The molecule has 0 aromatic rings. The van der Waals surface area contributed by atoms with E-state index in [0.29, 0.717) is 6.04 Å². The Balaban J connectivity index is 3.85. The second-order valence-electron chi connectivity index (χ2n) is 6.61. The predicted molar refractivity (Wildman–Crippen MR) is 79.9 cm³/mol. The molecule has 0 saturated heterocycles. The summed E-state index contributed by atoms with van der Waals surface area (Å²) in [4.78, 5) is 2.40. The molecule has 0 aliphatic heterocycles. The number of nitrogens with one attached hydrogen (secondary N) is 1. The van der Waals surface area contributed by atoms with Gasteiger partial charge in [-0.05, 0) is 52.2 Å². The summed E-state index contributed by atoms with van der Waals surface area (Å²) in [5.74, 6) is 0.776. The molecule has 1 atom stereocenters. The summed E-state index contributed by atoms with van der Waals surface area (Å²) in [6.07, 6.45) is 3.41. The molecule has 0 aromatic carbocycles. The van der Waals surface area contributed by atoms with Crippen molar-refractivity contribution in [3.05, 3.63) is 0 Å². The largest absolute Gasteiger partial charge is 0.394 e. The van der Waals surface area contributed by atoms with E-state index in [1.54, 1.807) is 0 Å². The highest BCUT2D eigenvalue weighted by molar-refractivity contribution is 4.84. The van der Waals surface area contributed by atoms with E-state index in [9.17, 15) is 5.11 Å². The Morgan fingerprint density at radius 3 is 2.22 bits per heavy atom. The monoisotopic (exact) mass is 258 g/mol. The average molecular weight is 258 g/mol. The van der Waals surface area contributed by atoms with Crippen LogP contribution in [0, 0.1) is 5.92 Å². The van der Waals surface area contributed by atoms with Gasteiger partial charge in [-0.15, -0.1) is 0 Å². The number of rotatable bonds is 10. The van der Waals surface area contributed by atoms with Gasteiger partial charge in [-0.25, -0.2) is 0 Å². The van der Waals surface area contributed by atoms with Gasteiger partial charge in [0.15, 0.2) is 0 Å². The molecule has 0 saturated carbocycles. The topological polar surface area (TPSA) is 35.5 Å². The van der Waals surface area contributed by atoms with Crippen LogP contribution >= 0.6 is 0 Å². The number of aliphatic hydroxyl groups is 1. The first kappa shape index (κ1) is 17.9. The van der Waals surface area contributed by atoms with Gasteiger partial charge in [0.05, 0.1) is 6.61 Å². The molecule has 1 unspecified atom stereocenters. The van der Waals surface area contributed by atoms with Gasteiger partial charge in [-0.3, -0.25) is 0 Å². The number of hydrogen-bond donors (Lipinski definition) is 2. The molecule has 0 heterocycles. The molecule has 3 heteroatoms. The zero-order valence-corrected chi connectivity index (χ0v) is 13.3. The Morgan fingerprint density at radius 1 is 1.17 bits per heavy atom. The summed E-state index contributed by atoms with van der Waals surface area (Å²) < 4.78 is 0. The molecule has 0 aromatic heterocycles. The maximum Gasteiger partial charge on any atom is 0.0610 e. The van der Waals surface area contributed by atoms with Crippen molar-refractivity contribution in [2.24, 2.45) is 5.92 Å². The van der Waals surface area contributed by atoms with Crippen molar-refractivity contribution in [2.45, 2.75) is 65.5 Å².